The fourth-order valence-electron chi connectivity index (χ4n) is 3.30. The van der Waals surface area contributed by atoms with Crippen molar-refractivity contribution in [3.8, 4) is 0 Å². The summed E-state index contributed by atoms with van der Waals surface area (Å²) >= 11 is 0. The molecule has 3 rings (SSSR count). The van der Waals surface area contributed by atoms with Crippen LogP contribution >= 0.6 is 0 Å². The van der Waals surface area contributed by atoms with E-state index in [1.165, 1.54) is 12.1 Å². The number of benzene rings is 2. The minimum Gasteiger partial charge on any atom is -0.351 e. The molecule has 0 aromatic heterocycles. The maximum Gasteiger partial charge on any atom is 0.264 e. The van der Waals surface area contributed by atoms with Gasteiger partial charge in [0.25, 0.3) is 10.1 Å². The fourth-order valence-corrected chi connectivity index (χ4v) is 3.72. The number of hydrogen-bond donors (Lipinski definition) is 1. The molecule has 26 heavy (non-hydrogen) atoms. The molecular weight excluding hydrogens is 357 g/mol. The van der Waals surface area contributed by atoms with Gasteiger partial charge in [0.15, 0.2) is 0 Å². The molecule has 1 N–H and O–H groups in total. The molecule has 1 aliphatic carbocycles. The van der Waals surface area contributed by atoms with Gasteiger partial charge in [0.2, 0.25) is 5.91 Å². The Balaban J connectivity index is 1.89. The summed E-state index contributed by atoms with van der Waals surface area (Å²) in [5.41, 5.74) is 1.01. The topological polar surface area (TPSA) is 72.5 Å². The second kappa shape index (κ2) is 7.17. The fraction of sp³-hybridized carbons (Fsp3) is 0.316. The number of carbonyl (C=O) groups excluding carboxylic acids is 1. The summed E-state index contributed by atoms with van der Waals surface area (Å²) < 4.78 is 41.7. The average molecular weight is 377 g/mol. The van der Waals surface area contributed by atoms with Crippen molar-refractivity contribution in [2.24, 2.45) is 0 Å². The standard InChI is InChI=1S/C19H20FNO4S/c1-26(23,24)25-13-19(10-9-15-7-8-16(20)11-17(15)19)18(22)21-12-14-5-3-2-4-6-14/h2-8,11H,9-10,12-13H2,1H3,(H,21,22). The lowest BCUT2D eigenvalue weighted by Crippen LogP contribution is -2.46. The summed E-state index contributed by atoms with van der Waals surface area (Å²) in [6.07, 6.45) is 1.85. The van der Waals surface area contributed by atoms with Crippen LogP contribution in [0.15, 0.2) is 48.5 Å². The lowest BCUT2D eigenvalue weighted by molar-refractivity contribution is -0.128. The van der Waals surface area contributed by atoms with E-state index < -0.39 is 21.4 Å². The van der Waals surface area contributed by atoms with Gasteiger partial charge in [-0.2, -0.15) is 8.42 Å². The number of amides is 1. The van der Waals surface area contributed by atoms with Crippen LogP contribution in [0, 0.1) is 5.82 Å². The zero-order valence-electron chi connectivity index (χ0n) is 14.4. The molecule has 1 aliphatic rings. The predicted octanol–water partition coefficient (Wildman–Crippen LogP) is 2.30. The zero-order chi connectivity index (χ0) is 18.8. The van der Waals surface area contributed by atoms with Crippen LogP contribution in [-0.4, -0.2) is 27.2 Å². The first kappa shape index (κ1) is 18.5. The summed E-state index contributed by atoms with van der Waals surface area (Å²) in [4.78, 5) is 13.0. The van der Waals surface area contributed by atoms with E-state index in [9.17, 15) is 17.6 Å². The van der Waals surface area contributed by atoms with E-state index in [-0.39, 0.29) is 12.5 Å². The minimum absolute atomic E-state index is 0.297. The Kier molecular flexibility index (Phi) is 5.11. The first-order chi connectivity index (χ1) is 12.3. The van der Waals surface area contributed by atoms with E-state index in [0.717, 1.165) is 17.4 Å². The second-order valence-electron chi connectivity index (χ2n) is 6.52. The van der Waals surface area contributed by atoms with E-state index in [4.69, 9.17) is 4.18 Å². The Morgan fingerprint density at radius 2 is 1.96 bits per heavy atom. The lowest BCUT2D eigenvalue weighted by Gasteiger charge is -2.28. The van der Waals surface area contributed by atoms with E-state index >= 15 is 0 Å². The number of rotatable bonds is 6. The lowest BCUT2D eigenvalue weighted by atomic mass is 9.81. The molecule has 1 amide bonds. The number of halogens is 1. The molecule has 0 heterocycles. The van der Waals surface area contributed by atoms with E-state index in [1.807, 2.05) is 30.3 Å². The largest absolute Gasteiger partial charge is 0.351 e. The van der Waals surface area contributed by atoms with Gasteiger partial charge in [-0.15, -0.1) is 0 Å². The molecule has 138 valence electrons. The summed E-state index contributed by atoms with van der Waals surface area (Å²) in [5.74, 6) is -0.834. The zero-order valence-corrected chi connectivity index (χ0v) is 15.2. The number of aryl methyl sites for hydroxylation is 1. The van der Waals surface area contributed by atoms with Crippen molar-refractivity contribution < 1.29 is 21.8 Å². The molecule has 1 atom stereocenters. The van der Waals surface area contributed by atoms with Crippen LogP contribution in [0.4, 0.5) is 4.39 Å². The van der Waals surface area contributed by atoms with Crippen LogP contribution in [0.1, 0.15) is 23.1 Å². The van der Waals surface area contributed by atoms with Crippen LogP contribution in [0.3, 0.4) is 0 Å². The molecule has 1 unspecified atom stereocenters. The first-order valence-electron chi connectivity index (χ1n) is 8.26. The molecule has 0 saturated heterocycles. The summed E-state index contributed by atoms with van der Waals surface area (Å²) in [7, 11) is -3.74. The van der Waals surface area contributed by atoms with E-state index in [0.29, 0.717) is 24.9 Å². The molecule has 2 aromatic carbocycles. The van der Waals surface area contributed by atoms with Crippen LogP contribution in [0.2, 0.25) is 0 Å². The Labute approximate surface area is 152 Å². The van der Waals surface area contributed by atoms with Crippen molar-refractivity contribution in [2.45, 2.75) is 24.8 Å². The summed E-state index contributed by atoms with van der Waals surface area (Å²) in [5, 5.41) is 2.84. The third-order valence-corrected chi connectivity index (χ3v) is 5.20. The summed E-state index contributed by atoms with van der Waals surface area (Å²) in [6, 6.07) is 13.6. The highest BCUT2D eigenvalue weighted by atomic mass is 32.2. The number of nitrogens with one attached hydrogen (secondary N) is 1. The third-order valence-electron chi connectivity index (χ3n) is 4.66. The normalized spacial score (nSPS) is 19.2. The van der Waals surface area contributed by atoms with Gasteiger partial charge in [0, 0.05) is 6.54 Å². The second-order valence-corrected chi connectivity index (χ2v) is 8.16. The van der Waals surface area contributed by atoms with Crippen molar-refractivity contribution >= 4 is 16.0 Å². The Bertz CT molecular complexity index is 914. The van der Waals surface area contributed by atoms with E-state index in [1.54, 1.807) is 6.07 Å². The van der Waals surface area contributed by atoms with Crippen LogP contribution < -0.4 is 5.32 Å². The van der Waals surface area contributed by atoms with Crippen LogP contribution in [0.25, 0.3) is 0 Å². The molecule has 0 saturated carbocycles. The first-order valence-corrected chi connectivity index (χ1v) is 10.1. The monoisotopic (exact) mass is 377 g/mol. The van der Waals surface area contributed by atoms with Crippen molar-refractivity contribution in [1.29, 1.82) is 0 Å². The van der Waals surface area contributed by atoms with Crippen molar-refractivity contribution in [3.05, 3.63) is 71.0 Å². The van der Waals surface area contributed by atoms with Gasteiger partial charge in [-0.05, 0) is 41.7 Å². The van der Waals surface area contributed by atoms with Crippen LogP contribution in [-0.2, 0) is 37.5 Å². The molecule has 0 fully saturated rings. The molecular formula is C19H20FNO4S. The third kappa shape index (κ3) is 3.94. The number of fused-ring (bicyclic) bond motifs is 1. The van der Waals surface area contributed by atoms with Gasteiger partial charge >= 0.3 is 0 Å². The quantitative estimate of drug-likeness (QED) is 0.784. The minimum atomic E-state index is -3.74. The van der Waals surface area contributed by atoms with Gasteiger partial charge in [-0.1, -0.05) is 36.4 Å². The SMILES string of the molecule is CS(=O)(=O)OCC1(C(=O)NCc2ccccc2)CCc2ccc(F)cc21. The molecule has 0 spiro atoms. The molecule has 7 heteroatoms. The van der Waals surface area contributed by atoms with Crippen molar-refractivity contribution in [1.82, 2.24) is 5.32 Å². The summed E-state index contributed by atoms with van der Waals surface area (Å²) in [6.45, 7) is -0.0478. The Hall–Kier alpha value is -2.25. The molecule has 0 aliphatic heterocycles. The van der Waals surface area contributed by atoms with Crippen LogP contribution in [0.5, 0.6) is 0 Å². The molecule has 0 bridgehead atoms. The van der Waals surface area contributed by atoms with Crippen molar-refractivity contribution in [2.75, 3.05) is 12.9 Å². The van der Waals surface area contributed by atoms with Gasteiger partial charge in [-0.3, -0.25) is 8.98 Å². The molecule has 5 nitrogen and oxygen atoms in total. The highest BCUT2D eigenvalue weighted by Crippen LogP contribution is 2.40. The molecule has 0 radical (unpaired) electrons. The Morgan fingerprint density at radius 1 is 1.23 bits per heavy atom. The maximum atomic E-state index is 13.8. The van der Waals surface area contributed by atoms with Gasteiger partial charge in [0.05, 0.1) is 18.3 Å². The van der Waals surface area contributed by atoms with Gasteiger partial charge < -0.3 is 5.32 Å². The average Bonchev–Trinajstić information content (AvgIpc) is 2.97. The highest BCUT2D eigenvalue weighted by Gasteiger charge is 2.46. The van der Waals surface area contributed by atoms with Crippen molar-refractivity contribution in [3.63, 3.8) is 0 Å². The number of hydrogen-bond acceptors (Lipinski definition) is 4. The van der Waals surface area contributed by atoms with Gasteiger partial charge in [-0.25, -0.2) is 4.39 Å². The smallest absolute Gasteiger partial charge is 0.264 e. The molecule has 2 aromatic rings. The maximum absolute atomic E-state index is 13.8. The Morgan fingerprint density at radius 3 is 2.65 bits per heavy atom. The number of carbonyl (C=O) groups is 1. The predicted molar refractivity (Wildman–Crippen MR) is 95.5 cm³/mol. The highest BCUT2D eigenvalue weighted by molar-refractivity contribution is 7.85. The van der Waals surface area contributed by atoms with Gasteiger partial charge in [0.1, 0.15) is 5.82 Å². The van der Waals surface area contributed by atoms with E-state index in [2.05, 4.69) is 5.32 Å².